The van der Waals surface area contributed by atoms with E-state index in [1.54, 1.807) is 0 Å². The van der Waals surface area contributed by atoms with Crippen molar-refractivity contribution in [2.75, 3.05) is 0 Å². The summed E-state index contributed by atoms with van der Waals surface area (Å²) in [5, 5.41) is 0. The van der Waals surface area contributed by atoms with Crippen LogP contribution < -0.4 is 5.73 Å². The second-order valence-corrected chi connectivity index (χ2v) is 5.91. The zero-order chi connectivity index (χ0) is 12.3. The Labute approximate surface area is 118 Å². The lowest BCUT2D eigenvalue weighted by Crippen LogP contribution is -2.15. The molecule has 0 saturated heterocycles. The van der Waals surface area contributed by atoms with Crippen molar-refractivity contribution in [2.45, 2.75) is 45.1 Å². The van der Waals surface area contributed by atoms with Crippen LogP contribution in [0.15, 0.2) is 29.8 Å². The first-order valence-electron chi connectivity index (χ1n) is 6.39. The van der Waals surface area contributed by atoms with Crippen molar-refractivity contribution < 1.29 is 0 Å². The number of halogens is 1. The number of nitrogens with two attached hydrogens (primary N) is 1. The van der Waals surface area contributed by atoms with Crippen LogP contribution in [-0.4, -0.2) is 0 Å². The molecule has 0 aliphatic heterocycles. The molecule has 0 fully saturated rings. The third kappa shape index (κ3) is 3.10. The third-order valence-electron chi connectivity index (χ3n) is 3.53. The van der Waals surface area contributed by atoms with Gasteiger partial charge in [-0.05, 0) is 66.3 Å². The van der Waals surface area contributed by atoms with Crippen LogP contribution in [0.3, 0.4) is 0 Å². The van der Waals surface area contributed by atoms with Crippen molar-refractivity contribution in [3.05, 3.63) is 44.5 Å². The van der Waals surface area contributed by atoms with Crippen LogP contribution in [0.5, 0.6) is 0 Å². The van der Waals surface area contributed by atoms with E-state index in [9.17, 15) is 0 Å². The van der Waals surface area contributed by atoms with Gasteiger partial charge in [-0.2, -0.15) is 0 Å². The van der Waals surface area contributed by atoms with Gasteiger partial charge in [-0.15, -0.1) is 0 Å². The smallest absolute Gasteiger partial charge is 0.0521 e. The van der Waals surface area contributed by atoms with Gasteiger partial charge in [-0.3, -0.25) is 0 Å². The van der Waals surface area contributed by atoms with Crippen molar-refractivity contribution in [2.24, 2.45) is 5.73 Å². The van der Waals surface area contributed by atoms with Crippen molar-refractivity contribution in [3.63, 3.8) is 0 Å². The highest BCUT2D eigenvalue weighted by molar-refractivity contribution is 14.1. The monoisotopic (exact) mass is 341 g/mol. The molecule has 0 bridgehead atoms. The Hall–Kier alpha value is -0.350. The van der Waals surface area contributed by atoms with E-state index < -0.39 is 0 Å². The summed E-state index contributed by atoms with van der Waals surface area (Å²) in [5.41, 5.74) is 10.5. The average molecular weight is 341 g/mol. The van der Waals surface area contributed by atoms with Crippen LogP contribution in [0.4, 0.5) is 0 Å². The lowest BCUT2D eigenvalue weighted by atomic mass is 9.95. The summed E-state index contributed by atoms with van der Waals surface area (Å²) < 4.78 is 1.32. The first kappa shape index (κ1) is 13.1. The SMILES string of the molecule is Cc1cccc(C(N)C2=CCCCCC2)c1I. The molecule has 1 atom stereocenters. The minimum Gasteiger partial charge on any atom is -0.321 e. The topological polar surface area (TPSA) is 26.0 Å². The van der Waals surface area contributed by atoms with E-state index in [2.05, 4.69) is 53.8 Å². The number of hydrogen-bond acceptors (Lipinski definition) is 1. The van der Waals surface area contributed by atoms with Crippen LogP contribution in [0.2, 0.25) is 0 Å². The summed E-state index contributed by atoms with van der Waals surface area (Å²) in [6.07, 6.45) is 8.70. The highest BCUT2D eigenvalue weighted by Gasteiger charge is 2.16. The number of benzene rings is 1. The second kappa shape index (κ2) is 6.01. The maximum absolute atomic E-state index is 6.44. The van der Waals surface area contributed by atoms with E-state index in [1.165, 1.54) is 52.4 Å². The zero-order valence-electron chi connectivity index (χ0n) is 10.4. The van der Waals surface area contributed by atoms with Crippen molar-refractivity contribution in [1.29, 1.82) is 0 Å². The molecular weight excluding hydrogens is 321 g/mol. The Kier molecular flexibility index (Phi) is 4.62. The highest BCUT2D eigenvalue weighted by Crippen LogP contribution is 2.30. The Bertz CT molecular complexity index is 423. The van der Waals surface area contributed by atoms with Gasteiger partial charge in [0.05, 0.1) is 6.04 Å². The predicted molar refractivity (Wildman–Crippen MR) is 82.0 cm³/mol. The molecular formula is C15H20IN. The highest BCUT2D eigenvalue weighted by atomic mass is 127. The van der Waals surface area contributed by atoms with Crippen LogP contribution in [0, 0.1) is 10.5 Å². The Morgan fingerprint density at radius 1 is 1.24 bits per heavy atom. The Balaban J connectivity index is 2.26. The van der Waals surface area contributed by atoms with Gasteiger partial charge >= 0.3 is 0 Å². The van der Waals surface area contributed by atoms with E-state index in [0.717, 1.165) is 0 Å². The summed E-state index contributed by atoms with van der Waals surface area (Å²) in [5.74, 6) is 0. The fraction of sp³-hybridized carbons (Fsp3) is 0.467. The lowest BCUT2D eigenvalue weighted by molar-refractivity contribution is 0.687. The van der Waals surface area contributed by atoms with Crippen LogP contribution in [-0.2, 0) is 0 Å². The molecule has 17 heavy (non-hydrogen) atoms. The molecule has 0 heterocycles. The van der Waals surface area contributed by atoms with Crippen molar-refractivity contribution >= 4 is 22.6 Å². The Morgan fingerprint density at radius 2 is 2.06 bits per heavy atom. The van der Waals surface area contributed by atoms with Gasteiger partial charge < -0.3 is 5.73 Å². The maximum atomic E-state index is 6.44. The summed E-state index contributed by atoms with van der Waals surface area (Å²) >= 11 is 2.42. The third-order valence-corrected chi connectivity index (χ3v) is 5.01. The van der Waals surface area contributed by atoms with Gasteiger partial charge in [-0.1, -0.05) is 36.3 Å². The molecule has 0 spiro atoms. The molecule has 0 saturated carbocycles. The molecule has 2 rings (SSSR count). The molecule has 92 valence electrons. The first-order valence-corrected chi connectivity index (χ1v) is 7.47. The minimum absolute atomic E-state index is 0.0971. The molecule has 2 heteroatoms. The second-order valence-electron chi connectivity index (χ2n) is 4.83. The quantitative estimate of drug-likeness (QED) is 0.623. The van der Waals surface area contributed by atoms with Gasteiger partial charge in [0.25, 0.3) is 0 Å². The predicted octanol–water partition coefficient (Wildman–Crippen LogP) is 4.49. The molecule has 1 nitrogen and oxygen atoms in total. The fourth-order valence-corrected chi connectivity index (χ4v) is 3.13. The fourth-order valence-electron chi connectivity index (χ4n) is 2.43. The average Bonchev–Trinajstić information content (AvgIpc) is 2.60. The summed E-state index contributed by atoms with van der Waals surface area (Å²) in [7, 11) is 0. The number of allylic oxidation sites excluding steroid dienone is 1. The molecule has 1 unspecified atom stereocenters. The van der Waals surface area contributed by atoms with Gasteiger partial charge in [0.2, 0.25) is 0 Å². The zero-order valence-corrected chi connectivity index (χ0v) is 12.5. The molecule has 1 aromatic rings. The Morgan fingerprint density at radius 3 is 2.88 bits per heavy atom. The van der Waals surface area contributed by atoms with E-state index in [4.69, 9.17) is 5.73 Å². The summed E-state index contributed by atoms with van der Waals surface area (Å²) in [6, 6.07) is 6.54. The standard InChI is InChI=1S/C15H20IN/c1-11-7-6-10-13(14(11)16)15(17)12-8-4-2-3-5-9-12/h6-8,10,15H,2-5,9,17H2,1H3. The largest absolute Gasteiger partial charge is 0.321 e. The molecule has 1 aliphatic rings. The molecule has 1 aromatic carbocycles. The van der Waals surface area contributed by atoms with Crippen LogP contribution >= 0.6 is 22.6 Å². The van der Waals surface area contributed by atoms with E-state index in [-0.39, 0.29) is 6.04 Å². The molecule has 0 radical (unpaired) electrons. The summed E-state index contributed by atoms with van der Waals surface area (Å²) in [6.45, 7) is 2.15. The van der Waals surface area contributed by atoms with Gasteiger partial charge in [0, 0.05) is 3.57 Å². The van der Waals surface area contributed by atoms with Crippen molar-refractivity contribution in [1.82, 2.24) is 0 Å². The normalized spacial score (nSPS) is 18.4. The first-order chi connectivity index (χ1) is 8.20. The minimum atomic E-state index is 0.0971. The summed E-state index contributed by atoms with van der Waals surface area (Å²) in [4.78, 5) is 0. The number of aryl methyl sites for hydroxylation is 1. The molecule has 2 N–H and O–H groups in total. The van der Waals surface area contributed by atoms with Crippen LogP contribution in [0.1, 0.15) is 49.3 Å². The van der Waals surface area contributed by atoms with E-state index in [1.807, 2.05) is 0 Å². The van der Waals surface area contributed by atoms with E-state index in [0.29, 0.717) is 0 Å². The lowest BCUT2D eigenvalue weighted by Gasteiger charge is -2.18. The molecule has 0 aromatic heterocycles. The van der Waals surface area contributed by atoms with Crippen LogP contribution in [0.25, 0.3) is 0 Å². The number of hydrogen-bond donors (Lipinski definition) is 1. The molecule has 0 amide bonds. The van der Waals surface area contributed by atoms with E-state index >= 15 is 0 Å². The maximum Gasteiger partial charge on any atom is 0.0521 e. The van der Waals surface area contributed by atoms with Crippen molar-refractivity contribution in [3.8, 4) is 0 Å². The van der Waals surface area contributed by atoms with Gasteiger partial charge in [0.1, 0.15) is 0 Å². The molecule has 1 aliphatic carbocycles. The number of rotatable bonds is 2. The van der Waals surface area contributed by atoms with Gasteiger partial charge in [-0.25, -0.2) is 0 Å². The van der Waals surface area contributed by atoms with Gasteiger partial charge in [0.15, 0.2) is 0 Å².